The van der Waals surface area contributed by atoms with Crippen molar-refractivity contribution in [2.75, 3.05) is 25.7 Å². The molecule has 0 radical (unpaired) electrons. The van der Waals surface area contributed by atoms with Crippen molar-refractivity contribution in [1.29, 1.82) is 0 Å². The SMILES string of the molecule is CCOc1cccc(CN(C)c2ccccc2OC)c1O. The van der Waals surface area contributed by atoms with Crippen LogP contribution in [0.1, 0.15) is 12.5 Å². The van der Waals surface area contributed by atoms with Gasteiger partial charge >= 0.3 is 0 Å². The number of anilines is 1. The zero-order chi connectivity index (χ0) is 15.2. The molecule has 21 heavy (non-hydrogen) atoms. The highest BCUT2D eigenvalue weighted by Gasteiger charge is 2.12. The van der Waals surface area contributed by atoms with E-state index in [1.807, 2.05) is 55.3 Å². The minimum atomic E-state index is 0.195. The maximum Gasteiger partial charge on any atom is 0.162 e. The maximum absolute atomic E-state index is 10.3. The molecule has 4 heteroatoms. The van der Waals surface area contributed by atoms with Gasteiger partial charge in [-0.15, -0.1) is 0 Å². The van der Waals surface area contributed by atoms with Crippen molar-refractivity contribution in [2.24, 2.45) is 0 Å². The molecule has 0 fully saturated rings. The van der Waals surface area contributed by atoms with Crippen LogP contribution in [0.15, 0.2) is 42.5 Å². The van der Waals surface area contributed by atoms with Crippen molar-refractivity contribution in [3.05, 3.63) is 48.0 Å². The van der Waals surface area contributed by atoms with Gasteiger partial charge in [0.2, 0.25) is 0 Å². The number of phenols is 1. The molecule has 0 saturated heterocycles. The minimum Gasteiger partial charge on any atom is -0.504 e. The summed E-state index contributed by atoms with van der Waals surface area (Å²) >= 11 is 0. The molecule has 0 spiro atoms. The Balaban J connectivity index is 2.23. The second-order valence-corrected chi connectivity index (χ2v) is 4.72. The second-order valence-electron chi connectivity index (χ2n) is 4.72. The average molecular weight is 287 g/mol. The number of para-hydroxylation sites is 3. The molecular formula is C17H21NO3. The average Bonchev–Trinajstić information content (AvgIpc) is 2.51. The minimum absolute atomic E-state index is 0.195. The molecule has 1 N–H and O–H groups in total. The van der Waals surface area contributed by atoms with Crippen LogP contribution in [0.25, 0.3) is 0 Å². The van der Waals surface area contributed by atoms with Crippen LogP contribution in [0.3, 0.4) is 0 Å². The third-order valence-electron chi connectivity index (χ3n) is 3.29. The molecule has 0 aliphatic heterocycles. The van der Waals surface area contributed by atoms with Crippen LogP contribution in [-0.2, 0) is 6.54 Å². The largest absolute Gasteiger partial charge is 0.504 e. The first kappa shape index (κ1) is 15.0. The van der Waals surface area contributed by atoms with Gasteiger partial charge in [-0.05, 0) is 25.1 Å². The maximum atomic E-state index is 10.3. The topological polar surface area (TPSA) is 41.9 Å². The summed E-state index contributed by atoms with van der Waals surface area (Å²) in [7, 11) is 3.62. The third-order valence-corrected chi connectivity index (χ3v) is 3.29. The number of nitrogens with zero attached hydrogens (tertiary/aromatic N) is 1. The molecular weight excluding hydrogens is 266 g/mol. The van der Waals surface area contributed by atoms with Gasteiger partial charge in [-0.2, -0.15) is 0 Å². The van der Waals surface area contributed by atoms with E-state index in [0.717, 1.165) is 17.0 Å². The fourth-order valence-electron chi connectivity index (χ4n) is 2.25. The number of hydrogen-bond acceptors (Lipinski definition) is 4. The Morgan fingerprint density at radius 3 is 2.48 bits per heavy atom. The van der Waals surface area contributed by atoms with Crippen LogP contribution in [0.4, 0.5) is 5.69 Å². The fourth-order valence-corrected chi connectivity index (χ4v) is 2.25. The van der Waals surface area contributed by atoms with E-state index >= 15 is 0 Å². The lowest BCUT2D eigenvalue weighted by molar-refractivity contribution is 0.316. The summed E-state index contributed by atoms with van der Waals surface area (Å²) in [5.74, 6) is 1.52. The van der Waals surface area contributed by atoms with Gasteiger partial charge in [0.05, 0.1) is 19.4 Å². The number of phenolic OH excluding ortho intramolecular Hbond substituents is 1. The molecule has 2 rings (SSSR count). The van der Waals surface area contributed by atoms with Crippen molar-refractivity contribution in [3.63, 3.8) is 0 Å². The Kier molecular flexibility index (Phi) is 4.93. The monoisotopic (exact) mass is 287 g/mol. The molecule has 0 amide bonds. The van der Waals surface area contributed by atoms with E-state index in [1.165, 1.54) is 0 Å². The molecule has 0 saturated carbocycles. The van der Waals surface area contributed by atoms with E-state index in [-0.39, 0.29) is 5.75 Å². The predicted octanol–water partition coefficient (Wildman–Crippen LogP) is 3.44. The lowest BCUT2D eigenvalue weighted by Crippen LogP contribution is -2.17. The Morgan fingerprint density at radius 2 is 1.76 bits per heavy atom. The van der Waals surface area contributed by atoms with Gasteiger partial charge in [-0.1, -0.05) is 24.3 Å². The molecule has 0 aliphatic rings. The molecule has 0 aromatic heterocycles. The molecule has 0 unspecified atom stereocenters. The van der Waals surface area contributed by atoms with Crippen molar-refractivity contribution in [2.45, 2.75) is 13.5 Å². The number of methoxy groups -OCH3 is 1. The van der Waals surface area contributed by atoms with Crippen LogP contribution >= 0.6 is 0 Å². The highest BCUT2D eigenvalue weighted by Crippen LogP contribution is 2.33. The van der Waals surface area contributed by atoms with Crippen molar-refractivity contribution < 1.29 is 14.6 Å². The van der Waals surface area contributed by atoms with E-state index in [4.69, 9.17) is 9.47 Å². The normalized spacial score (nSPS) is 10.2. The fraction of sp³-hybridized carbons (Fsp3) is 0.294. The predicted molar refractivity (Wildman–Crippen MR) is 84.4 cm³/mol. The Bertz CT molecular complexity index is 598. The lowest BCUT2D eigenvalue weighted by Gasteiger charge is -2.22. The summed E-state index contributed by atoms with van der Waals surface area (Å²) in [5, 5.41) is 10.3. The van der Waals surface area contributed by atoms with Crippen LogP contribution < -0.4 is 14.4 Å². The quantitative estimate of drug-likeness (QED) is 0.883. The lowest BCUT2D eigenvalue weighted by atomic mass is 10.1. The number of benzene rings is 2. The Hall–Kier alpha value is -2.36. The molecule has 0 atom stereocenters. The third kappa shape index (κ3) is 3.40. The van der Waals surface area contributed by atoms with Gasteiger partial charge in [-0.3, -0.25) is 0 Å². The number of aromatic hydroxyl groups is 1. The van der Waals surface area contributed by atoms with E-state index in [0.29, 0.717) is 18.9 Å². The second kappa shape index (κ2) is 6.88. The van der Waals surface area contributed by atoms with Gasteiger partial charge in [0.25, 0.3) is 0 Å². The molecule has 2 aromatic carbocycles. The molecule has 4 nitrogen and oxygen atoms in total. The molecule has 0 bridgehead atoms. The Morgan fingerprint density at radius 1 is 1.05 bits per heavy atom. The van der Waals surface area contributed by atoms with Crippen molar-refractivity contribution in [3.8, 4) is 17.2 Å². The Labute approximate surface area is 125 Å². The summed E-state index contributed by atoms with van der Waals surface area (Å²) in [5.41, 5.74) is 1.79. The first-order chi connectivity index (χ1) is 10.2. The summed E-state index contributed by atoms with van der Waals surface area (Å²) < 4.78 is 10.8. The van der Waals surface area contributed by atoms with Crippen LogP contribution in [0, 0.1) is 0 Å². The number of hydrogen-bond donors (Lipinski definition) is 1. The summed E-state index contributed by atoms with van der Waals surface area (Å²) in [4.78, 5) is 2.03. The first-order valence-electron chi connectivity index (χ1n) is 6.95. The number of ether oxygens (including phenoxy) is 2. The van der Waals surface area contributed by atoms with Gasteiger partial charge in [-0.25, -0.2) is 0 Å². The van der Waals surface area contributed by atoms with Crippen LogP contribution in [0.5, 0.6) is 17.2 Å². The summed E-state index contributed by atoms with van der Waals surface area (Å²) in [6.45, 7) is 2.99. The molecule has 0 heterocycles. The highest BCUT2D eigenvalue weighted by molar-refractivity contribution is 5.59. The van der Waals surface area contributed by atoms with E-state index in [9.17, 15) is 5.11 Å². The van der Waals surface area contributed by atoms with Crippen LogP contribution in [0.2, 0.25) is 0 Å². The molecule has 2 aromatic rings. The van der Waals surface area contributed by atoms with E-state index < -0.39 is 0 Å². The van der Waals surface area contributed by atoms with Gasteiger partial charge in [0.15, 0.2) is 11.5 Å². The van der Waals surface area contributed by atoms with E-state index in [2.05, 4.69) is 0 Å². The highest BCUT2D eigenvalue weighted by atomic mass is 16.5. The summed E-state index contributed by atoms with van der Waals surface area (Å²) in [6.07, 6.45) is 0. The first-order valence-corrected chi connectivity index (χ1v) is 6.95. The van der Waals surface area contributed by atoms with Crippen LogP contribution in [-0.4, -0.2) is 25.9 Å². The summed E-state index contributed by atoms with van der Waals surface area (Å²) in [6, 6.07) is 13.4. The van der Waals surface area contributed by atoms with Crippen molar-refractivity contribution >= 4 is 5.69 Å². The zero-order valence-corrected chi connectivity index (χ0v) is 12.7. The smallest absolute Gasteiger partial charge is 0.162 e. The molecule has 112 valence electrons. The van der Waals surface area contributed by atoms with Gasteiger partial charge in [0.1, 0.15) is 5.75 Å². The van der Waals surface area contributed by atoms with Gasteiger partial charge < -0.3 is 19.5 Å². The standard InChI is InChI=1S/C17H21NO3/c1-4-21-16-11-7-8-13(17(16)19)12-18(2)14-9-5-6-10-15(14)20-3/h5-11,19H,4,12H2,1-3H3. The number of rotatable bonds is 6. The molecule has 0 aliphatic carbocycles. The van der Waals surface area contributed by atoms with E-state index in [1.54, 1.807) is 13.2 Å². The van der Waals surface area contributed by atoms with Crippen molar-refractivity contribution in [1.82, 2.24) is 0 Å². The van der Waals surface area contributed by atoms with Gasteiger partial charge in [0, 0.05) is 19.2 Å². The zero-order valence-electron chi connectivity index (χ0n) is 12.7.